The smallest absolute Gasteiger partial charge is 0.321 e. The van der Waals surface area contributed by atoms with Crippen molar-refractivity contribution in [3.63, 3.8) is 0 Å². The van der Waals surface area contributed by atoms with Gasteiger partial charge in [0.15, 0.2) is 5.72 Å². The van der Waals surface area contributed by atoms with E-state index in [0.717, 1.165) is 5.56 Å². The first-order valence-electron chi connectivity index (χ1n) is 10.2. The summed E-state index contributed by atoms with van der Waals surface area (Å²) in [6.07, 6.45) is 0. The minimum absolute atomic E-state index is 0.237. The zero-order chi connectivity index (χ0) is 22.3. The molecule has 3 aromatic carbocycles. The number of urea groups is 1. The fraction of sp³-hybridized carbons (Fsp3) is 0.125. The van der Waals surface area contributed by atoms with Crippen molar-refractivity contribution in [2.45, 2.75) is 12.3 Å². The molecule has 0 saturated carbocycles. The third-order valence-electron chi connectivity index (χ3n) is 5.70. The summed E-state index contributed by atoms with van der Waals surface area (Å²) in [4.78, 5) is 33.8. The fourth-order valence-electron chi connectivity index (χ4n) is 4.13. The summed E-state index contributed by atoms with van der Waals surface area (Å²) < 4.78 is 0. The maximum absolute atomic E-state index is 13.3. The molecule has 3 amide bonds. The van der Waals surface area contributed by atoms with Gasteiger partial charge in [-0.15, -0.1) is 0 Å². The molecule has 1 aromatic heterocycles. The number of aromatic nitrogens is 2. The summed E-state index contributed by atoms with van der Waals surface area (Å²) in [6, 6.07) is 21.5. The molecule has 1 atom stereocenters. The lowest BCUT2D eigenvalue weighted by Crippen LogP contribution is -2.44. The average molecular weight is 427 g/mol. The number of aromatic amines is 1. The van der Waals surface area contributed by atoms with Crippen LogP contribution in [0.2, 0.25) is 0 Å². The van der Waals surface area contributed by atoms with Crippen LogP contribution in [0.4, 0.5) is 10.7 Å². The summed E-state index contributed by atoms with van der Waals surface area (Å²) in [7, 11) is 1.52. The Kier molecular flexibility index (Phi) is 4.64. The number of aliphatic hydroxyl groups is 1. The van der Waals surface area contributed by atoms with Gasteiger partial charge < -0.3 is 15.4 Å². The molecule has 32 heavy (non-hydrogen) atoms. The number of benzene rings is 3. The van der Waals surface area contributed by atoms with Crippen molar-refractivity contribution in [3.05, 3.63) is 95.1 Å². The van der Waals surface area contributed by atoms with Gasteiger partial charge in [-0.2, -0.15) is 0 Å². The quantitative estimate of drug-likeness (QED) is 0.401. The van der Waals surface area contributed by atoms with E-state index < -0.39 is 11.8 Å². The highest BCUT2D eigenvalue weighted by Crippen LogP contribution is 2.43. The molecule has 1 aliphatic rings. The number of carbonyl (C=O) groups is 2. The summed E-state index contributed by atoms with van der Waals surface area (Å²) in [5, 5.41) is 17.1. The molecule has 1 unspecified atom stereocenters. The molecule has 0 aliphatic carbocycles. The van der Waals surface area contributed by atoms with E-state index in [2.05, 4.69) is 20.6 Å². The van der Waals surface area contributed by atoms with Crippen LogP contribution in [0.3, 0.4) is 0 Å². The summed E-state index contributed by atoms with van der Waals surface area (Å²) in [5.74, 6) is 0.0474. The van der Waals surface area contributed by atoms with E-state index in [0.29, 0.717) is 27.7 Å². The molecule has 0 spiro atoms. The van der Waals surface area contributed by atoms with Crippen LogP contribution in [0.5, 0.6) is 0 Å². The number of imidazole rings is 1. The Morgan fingerprint density at radius 1 is 1.09 bits per heavy atom. The Labute approximate surface area is 183 Å². The van der Waals surface area contributed by atoms with Gasteiger partial charge in [0.1, 0.15) is 0 Å². The predicted molar refractivity (Wildman–Crippen MR) is 120 cm³/mol. The highest BCUT2D eigenvalue weighted by atomic mass is 16.3. The molecule has 1 aliphatic heterocycles. The minimum atomic E-state index is -1.66. The van der Waals surface area contributed by atoms with Crippen molar-refractivity contribution < 1.29 is 14.7 Å². The largest absolute Gasteiger partial charge is 0.363 e. The number of rotatable bonds is 4. The lowest BCUT2D eigenvalue weighted by molar-refractivity contribution is -0.0542. The molecule has 0 saturated heterocycles. The summed E-state index contributed by atoms with van der Waals surface area (Å²) >= 11 is 0. The second-order valence-electron chi connectivity index (χ2n) is 7.62. The number of hydrogen-bond donors (Lipinski definition) is 4. The van der Waals surface area contributed by atoms with E-state index in [1.807, 2.05) is 36.4 Å². The van der Waals surface area contributed by atoms with Gasteiger partial charge in [-0.3, -0.25) is 15.0 Å². The SMILES string of the molecule is CNC(=O)Nc1nc2ccc(C3(O)c4ccccc4C(=O)N3Cc3ccccc3)cc2[nH]1. The fourth-order valence-corrected chi connectivity index (χ4v) is 4.13. The van der Waals surface area contributed by atoms with Gasteiger partial charge >= 0.3 is 6.03 Å². The summed E-state index contributed by atoms with van der Waals surface area (Å²) in [6.45, 7) is 0.245. The molecule has 5 rings (SSSR count). The van der Waals surface area contributed by atoms with E-state index in [1.54, 1.807) is 36.4 Å². The Bertz CT molecular complexity index is 1330. The van der Waals surface area contributed by atoms with Crippen molar-refractivity contribution >= 4 is 28.9 Å². The lowest BCUT2D eigenvalue weighted by atomic mass is 9.93. The standard InChI is InChI=1S/C24H21N5O3/c1-25-23(31)28-22-26-19-12-11-16(13-20(19)27-22)24(32)18-10-6-5-9-17(18)21(30)29(24)14-15-7-3-2-4-8-15/h2-13,32H,14H2,1H3,(H3,25,26,27,28,31). The van der Waals surface area contributed by atoms with E-state index in [1.165, 1.54) is 11.9 Å². The average Bonchev–Trinajstić information content (AvgIpc) is 3.32. The number of carbonyl (C=O) groups excluding carboxylic acids is 2. The molecule has 2 heterocycles. The zero-order valence-corrected chi connectivity index (χ0v) is 17.3. The van der Waals surface area contributed by atoms with Crippen molar-refractivity contribution in [2.24, 2.45) is 0 Å². The molecule has 0 fully saturated rings. The van der Waals surface area contributed by atoms with Gasteiger partial charge in [0, 0.05) is 30.3 Å². The van der Waals surface area contributed by atoms with Gasteiger partial charge in [0.05, 0.1) is 11.0 Å². The first-order valence-corrected chi connectivity index (χ1v) is 10.2. The normalized spacial score (nSPS) is 17.4. The second kappa shape index (κ2) is 7.51. The Morgan fingerprint density at radius 2 is 1.84 bits per heavy atom. The Hall–Kier alpha value is -4.17. The molecule has 160 valence electrons. The van der Waals surface area contributed by atoms with Gasteiger partial charge in [0.2, 0.25) is 5.95 Å². The van der Waals surface area contributed by atoms with Crippen LogP contribution in [0.15, 0.2) is 72.8 Å². The number of H-pyrrole nitrogens is 1. The van der Waals surface area contributed by atoms with Crippen LogP contribution in [-0.2, 0) is 12.3 Å². The predicted octanol–water partition coefficient (Wildman–Crippen LogP) is 3.16. The van der Waals surface area contributed by atoms with Crippen molar-refractivity contribution in [3.8, 4) is 0 Å². The molecule has 0 radical (unpaired) electrons. The number of fused-ring (bicyclic) bond motifs is 2. The van der Waals surface area contributed by atoms with E-state index in [-0.39, 0.29) is 18.4 Å². The first-order chi connectivity index (χ1) is 15.5. The zero-order valence-electron chi connectivity index (χ0n) is 17.3. The Morgan fingerprint density at radius 3 is 2.62 bits per heavy atom. The number of amides is 3. The molecule has 8 nitrogen and oxygen atoms in total. The molecular weight excluding hydrogens is 406 g/mol. The highest BCUT2D eigenvalue weighted by molar-refractivity contribution is 6.00. The Balaban J connectivity index is 1.61. The van der Waals surface area contributed by atoms with Crippen molar-refractivity contribution in [1.82, 2.24) is 20.2 Å². The monoisotopic (exact) mass is 427 g/mol. The molecular formula is C24H21N5O3. The van der Waals surface area contributed by atoms with Gasteiger partial charge in [-0.25, -0.2) is 9.78 Å². The van der Waals surface area contributed by atoms with Crippen LogP contribution in [0.1, 0.15) is 27.0 Å². The van der Waals surface area contributed by atoms with Gasteiger partial charge in [-0.1, -0.05) is 54.6 Å². The molecule has 4 N–H and O–H groups in total. The van der Waals surface area contributed by atoms with E-state index in [9.17, 15) is 14.7 Å². The molecule has 8 heteroatoms. The van der Waals surface area contributed by atoms with Crippen LogP contribution < -0.4 is 10.6 Å². The number of nitrogens with zero attached hydrogens (tertiary/aromatic N) is 2. The highest BCUT2D eigenvalue weighted by Gasteiger charge is 2.49. The number of nitrogens with one attached hydrogen (secondary N) is 3. The van der Waals surface area contributed by atoms with E-state index >= 15 is 0 Å². The third kappa shape index (κ3) is 3.09. The topological polar surface area (TPSA) is 110 Å². The maximum Gasteiger partial charge on any atom is 0.321 e. The second-order valence-corrected chi connectivity index (χ2v) is 7.62. The number of hydrogen-bond acceptors (Lipinski definition) is 4. The maximum atomic E-state index is 13.3. The summed E-state index contributed by atoms with van der Waals surface area (Å²) in [5.41, 5.74) is 2.02. The van der Waals surface area contributed by atoms with Crippen LogP contribution >= 0.6 is 0 Å². The number of anilines is 1. The van der Waals surface area contributed by atoms with Gasteiger partial charge in [0.25, 0.3) is 5.91 Å². The van der Waals surface area contributed by atoms with E-state index in [4.69, 9.17) is 0 Å². The lowest BCUT2D eigenvalue weighted by Gasteiger charge is -2.35. The first kappa shape index (κ1) is 19.8. The van der Waals surface area contributed by atoms with Crippen molar-refractivity contribution in [1.29, 1.82) is 0 Å². The van der Waals surface area contributed by atoms with Crippen LogP contribution in [0.25, 0.3) is 11.0 Å². The molecule has 4 aromatic rings. The van der Waals surface area contributed by atoms with Crippen LogP contribution in [0, 0.1) is 0 Å². The minimum Gasteiger partial charge on any atom is -0.363 e. The molecule has 0 bridgehead atoms. The third-order valence-corrected chi connectivity index (χ3v) is 5.70. The van der Waals surface area contributed by atoms with Crippen molar-refractivity contribution in [2.75, 3.05) is 12.4 Å². The van der Waals surface area contributed by atoms with Crippen LogP contribution in [-0.4, -0.2) is 39.0 Å². The van der Waals surface area contributed by atoms with Gasteiger partial charge in [-0.05, 0) is 23.8 Å².